The third-order valence-electron chi connectivity index (χ3n) is 3.18. The second-order valence-corrected chi connectivity index (χ2v) is 5.03. The highest BCUT2D eigenvalue weighted by Crippen LogP contribution is 2.18. The Hall–Kier alpha value is -0.0800. The Morgan fingerprint density at radius 3 is 2.07 bits per heavy atom. The van der Waals surface area contributed by atoms with E-state index in [9.17, 15) is 0 Å². The molecule has 0 fully saturated rings. The first kappa shape index (κ1) is 13.9. The molecule has 86 valence electrons. The molecule has 0 aromatic carbocycles. The summed E-state index contributed by atoms with van der Waals surface area (Å²) in [7, 11) is 2.00. The van der Waals surface area contributed by atoms with Crippen molar-refractivity contribution in [3.8, 4) is 0 Å². The van der Waals surface area contributed by atoms with Crippen LogP contribution in [-0.4, -0.2) is 19.6 Å². The van der Waals surface area contributed by atoms with Gasteiger partial charge in [-0.3, -0.25) is 0 Å². The molecule has 0 aromatic heterocycles. The molecule has 0 saturated heterocycles. The summed E-state index contributed by atoms with van der Waals surface area (Å²) in [6.07, 6.45) is 2.41. The van der Waals surface area contributed by atoms with Crippen LogP contribution < -0.4 is 11.1 Å². The van der Waals surface area contributed by atoms with E-state index in [4.69, 9.17) is 5.73 Å². The van der Waals surface area contributed by atoms with E-state index in [1.807, 2.05) is 7.05 Å². The van der Waals surface area contributed by atoms with E-state index < -0.39 is 0 Å². The van der Waals surface area contributed by atoms with Gasteiger partial charge in [-0.2, -0.15) is 0 Å². The molecule has 0 aliphatic heterocycles. The molecule has 14 heavy (non-hydrogen) atoms. The van der Waals surface area contributed by atoms with E-state index in [1.165, 1.54) is 6.42 Å². The van der Waals surface area contributed by atoms with Crippen LogP contribution in [0.4, 0.5) is 0 Å². The molecule has 0 radical (unpaired) electrons. The summed E-state index contributed by atoms with van der Waals surface area (Å²) in [6, 6.07) is 0.362. The average molecular weight is 200 g/mol. The van der Waals surface area contributed by atoms with Crippen LogP contribution in [0.15, 0.2) is 0 Å². The van der Waals surface area contributed by atoms with Crippen LogP contribution in [0.3, 0.4) is 0 Å². The zero-order chi connectivity index (χ0) is 11.1. The molecule has 0 aliphatic rings. The van der Waals surface area contributed by atoms with Crippen LogP contribution in [0.2, 0.25) is 0 Å². The van der Waals surface area contributed by atoms with E-state index in [2.05, 4.69) is 33.0 Å². The lowest BCUT2D eigenvalue weighted by Crippen LogP contribution is -2.36. The molecule has 0 aliphatic carbocycles. The van der Waals surface area contributed by atoms with E-state index in [0.29, 0.717) is 17.9 Å². The lowest BCUT2D eigenvalue weighted by atomic mass is 9.86. The Labute approximate surface area is 89.6 Å². The fourth-order valence-corrected chi connectivity index (χ4v) is 1.72. The molecule has 0 aromatic rings. The highest BCUT2D eigenvalue weighted by Gasteiger charge is 2.18. The molecule has 0 spiro atoms. The number of hydrogen-bond acceptors (Lipinski definition) is 2. The highest BCUT2D eigenvalue weighted by atomic mass is 14.8. The fraction of sp³-hybridized carbons (Fsp3) is 1.00. The van der Waals surface area contributed by atoms with Gasteiger partial charge < -0.3 is 11.1 Å². The van der Waals surface area contributed by atoms with Gasteiger partial charge in [0.15, 0.2) is 0 Å². The van der Waals surface area contributed by atoms with E-state index >= 15 is 0 Å². The first-order chi connectivity index (χ1) is 6.49. The van der Waals surface area contributed by atoms with Gasteiger partial charge in [0, 0.05) is 6.04 Å². The molecule has 0 heterocycles. The van der Waals surface area contributed by atoms with Gasteiger partial charge in [0.25, 0.3) is 0 Å². The van der Waals surface area contributed by atoms with Gasteiger partial charge in [-0.1, -0.05) is 27.7 Å². The molecular weight excluding hydrogens is 172 g/mol. The first-order valence-corrected chi connectivity index (χ1v) is 5.89. The summed E-state index contributed by atoms with van der Waals surface area (Å²) < 4.78 is 0. The Morgan fingerprint density at radius 1 is 1.07 bits per heavy atom. The van der Waals surface area contributed by atoms with Gasteiger partial charge >= 0.3 is 0 Å². The summed E-state index contributed by atoms with van der Waals surface area (Å²) in [4.78, 5) is 0. The molecule has 3 N–H and O–H groups in total. The maximum Gasteiger partial charge on any atom is 0.00676 e. The second kappa shape index (κ2) is 7.24. The number of rotatable bonds is 7. The molecule has 2 heteroatoms. The van der Waals surface area contributed by atoms with E-state index in [0.717, 1.165) is 18.9 Å². The molecule has 0 rings (SSSR count). The largest absolute Gasteiger partial charge is 0.327 e. The Morgan fingerprint density at radius 2 is 1.64 bits per heavy atom. The second-order valence-electron chi connectivity index (χ2n) is 5.03. The van der Waals surface area contributed by atoms with E-state index in [-0.39, 0.29) is 0 Å². The number of nitrogens with one attached hydrogen (secondary N) is 1. The Balaban J connectivity index is 3.79. The first-order valence-electron chi connectivity index (χ1n) is 5.89. The number of hydrogen-bond donors (Lipinski definition) is 2. The Bertz CT molecular complexity index is 134. The highest BCUT2D eigenvalue weighted by molar-refractivity contribution is 4.75. The lowest BCUT2D eigenvalue weighted by molar-refractivity contribution is 0.296. The summed E-state index contributed by atoms with van der Waals surface area (Å²) in [5.74, 6) is 2.05. The van der Waals surface area contributed by atoms with Crippen LogP contribution in [0.25, 0.3) is 0 Å². The van der Waals surface area contributed by atoms with Crippen molar-refractivity contribution in [2.24, 2.45) is 23.5 Å². The lowest BCUT2D eigenvalue weighted by Gasteiger charge is -2.26. The van der Waals surface area contributed by atoms with Crippen molar-refractivity contribution in [2.75, 3.05) is 13.6 Å². The maximum atomic E-state index is 6.17. The van der Waals surface area contributed by atoms with E-state index in [1.54, 1.807) is 0 Å². The van der Waals surface area contributed by atoms with Crippen molar-refractivity contribution in [2.45, 2.75) is 46.6 Å². The van der Waals surface area contributed by atoms with Crippen molar-refractivity contribution in [3.63, 3.8) is 0 Å². The molecule has 0 saturated carbocycles. The maximum absolute atomic E-state index is 6.17. The molecule has 0 amide bonds. The quantitative estimate of drug-likeness (QED) is 0.661. The molecule has 2 nitrogen and oxygen atoms in total. The molecular formula is C12H28N2. The smallest absolute Gasteiger partial charge is 0.00676 e. The van der Waals surface area contributed by atoms with Gasteiger partial charge in [0.05, 0.1) is 0 Å². The molecule has 3 atom stereocenters. The van der Waals surface area contributed by atoms with Gasteiger partial charge in [-0.05, 0) is 44.2 Å². The van der Waals surface area contributed by atoms with Crippen LogP contribution in [-0.2, 0) is 0 Å². The third kappa shape index (κ3) is 5.61. The zero-order valence-corrected chi connectivity index (χ0v) is 10.5. The van der Waals surface area contributed by atoms with Gasteiger partial charge in [0.2, 0.25) is 0 Å². The van der Waals surface area contributed by atoms with Crippen molar-refractivity contribution in [1.29, 1.82) is 0 Å². The topological polar surface area (TPSA) is 38.0 Å². The van der Waals surface area contributed by atoms with Crippen molar-refractivity contribution >= 4 is 0 Å². The monoisotopic (exact) mass is 200 g/mol. The van der Waals surface area contributed by atoms with Crippen molar-refractivity contribution in [3.05, 3.63) is 0 Å². The van der Waals surface area contributed by atoms with Gasteiger partial charge in [-0.15, -0.1) is 0 Å². The Kier molecular flexibility index (Phi) is 7.20. The predicted octanol–water partition coefficient (Wildman–Crippen LogP) is 2.24. The zero-order valence-electron chi connectivity index (χ0n) is 10.5. The van der Waals surface area contributed by atoms with Gasteiger partial charge in [0.1, 0.15) is 0 Å². The van der Waals surface area contributed by atoms with Crippen molar-refractivity contribution in [1.82, 2.24) is 5.32 Å². The summed E-state index contributed by atoms with van der Waals surface area (Å²) >= 11 is 0. The normalized spacial score (nSPS) is 18.2. The van der Waals surface area contributed by atoms with Crippen LogP contribution in [0, 0.1) is 17.8 Å². The standard InChI is InChI=1S/C12H28N2/c1-9(2)6-7-12(13)11(4)10(3)8-14-5/h9-12,14H,6-8,13H2,1-5H3. The van der Waals surface area contributed by atoms with Crippen LogP contribution >= 0.6 is 0 Å². The fourth-order valence-electron chi connectivity index (χ4n) is 1.72. The van der Waals surface area contributed by atoms with Crippen LogP contribution in [0.1, 0.15) is 40.5 Å². The minimum Gasteiger partial charge on any atom is -0.327 e. The number of nitrogens with two attached hydrogens (primary N) is 1. The summed E-state index contributed by atoms with van der Waals surface area (Å²) in [5, 5.41) is 3.21. The third-order valence-corrected chi connectivity index (χ3v) is 3.18. The van der Waals surface area contributed by atoms with Crippen LogP contribution in [0.5, 0.6) is 0 Å². The molecule has 0 bridgehead atoms. The molecule has 3 unspecified atom stereocenters. The minimum absolute atomic E-state index is 0.362. The van der Waals surface area contributed by atoms with Gasteiger partial charge in [-0.25, -0.2) is 0 Å². The minimum atomic E-state index is 0.362. The SMILES string of the molecule is CNCC(C)C(C)C(N)CCC(C)C. The summed E-state index contributed by atoms with van der Waals surface area (Å²) in [6.45, 7) is 10.1. The predicted molar refractivity (Wildman–Crippen MR) is 64.3 cm³/mol. The van der Waals surface area contributed by atoms with Crippen molar-refractivity contribution < 1.29 is 0 Å². The average Bonchev–Trinajstić information content (AvgIpc) is 2.13. The summed E-state index contributed by atoms with van der Waals surface area (Å²) in [5.41, 5.74) is 6.17.